The molecule has 0 atom stereocenters. The van der Waals surface area contributed by atoms with Gasteiger partial charge in [0.15, 0.2) is 0 Å². The van der Waals surface area contributed by atoms with E-state index in [9.17, 15) is 18.4 Å². The third-order valence-corrected chi connectivity index (χ3v) is 8.51. The number of pyridine rings is 1. The van der Waals surface area contributed by atoms with Crippen molar-refractivity contribution in [3.8, 4) is 27.5 Å². The summed E-state index contributed by atoms with van der Waals surface area (Å²) in [6.07, 6.45) is -1.38. The topological polar surface area (TPSA) is 67.2 Å². The molecule has 2 aromatic heterocycles. The van der Waals surface area contributed by atoms with Crippen LogP contribution in [0.25, 0.3) is 27.5 Å². The van der Waals surface area contributed by atoms with Gasteiger partial charge in [-0.15, -0.1) is 11.3 Å². The fraction of sp³-hybridized carbons (Fsp3) is 0.344. The van der Waals surface area contributed by atoms with Crippen LogP contribution >= 0.6 is 22.9 Å². The number of aromatic nitrogens is 2. The number of nitrogens with zero attached hydrogens (tertiary/aromatic N) is 3. The number of thiazole rings is 1. The number of halogens is 3. The van der Waals surface area contributed by atoms with Gasteiger partial charge in [-0.25, -0.2) is 13.8 Å². The molecule has 220 valence electrons. The highest BCUT2D eigenvalue weighted by Crippen LogP contribution is 2.32. The molecule has 1 saturated heterocycles. The second-order valence-corrected chi connectivity index (χ2v) is 12.1. The normalized spacial score (nSPS) is 13.8. The SMILES string of the molecule is CCc1ccc(Cl)cc1-n1c(CC(C)C)c(C(=O)N2CCNCC2)cc(-c2nc(-c3ccc(C(F)F)cc3)cs2)c1=O. The molecule has 6 nitrogen and oxygen atoms in total. The van der Waals surface area contributed by atoms with Gasteiger partial charge >= 0.3 is 0 Å². The Balaban J connectivity index is 1.74. The van der Waals surface area contributed by atoms with Crippen molar-refractivity contribution in [2.75, 3.05) is 26.2 Å². The number of nitrogens with one attached hydrogen (secondary N) is 1. The number of benzene rings is 2. The molecule has 0 aliphatic carbocycles. The van der Waals surface area contributed by atoms with Gasteiger partial charge in [0.2, 0.25) is 0 Å². The van der Waals surface area contributed by atoms with E-state index in [2.05, 4.69) is 19.2 Å². The summed E-state index contributed by atoms with van der Waals surface area (Å²) in [5, 5.41) is 6.03. The molecular weight excluding hydrogens is 578 g/mol. The Morgan fingerprint density at radius 1 is 1.10 bits per heavy atom. The Labute approximate surface area is 253 Å². The predicted molar refractivity (Wildman–Crippen MR) is 165 cm³/mol. The molecule has 5 rings (SSSR count). The third-order valence-electron chi connectivity index (χ3n) is 7.40. The van der Waals surface area contributed by atoms with E-state index in [0.29, 0.717) is 82.8 Å². The molecule has 0 unspecified atom stereocenters. The zero-order chi connectivity index (χ0) is 30.0. The predicted octanol–water partition coefficient (Wildman–Crippen LogP) is 7.03. The van der Waals surface area contributed by atoms with Crippen LogP contribution in [0.3, 0.4) is 0 Å². The Morgan fingerprint density at radius 2 is 1.81 bits per heavy atom. The second-order valence-electron chi connectivity index (χ2n) is 10.8. The van der Waals surface area contributed by atoms with Crippen LogP contribution in [0.4, 0.5) is 8.78 Å². The standard InChI is InChI=1S/C32H33ClF2N4O2S/c1-4-20-9-10-23(33)16-27(20)39-28(15-19(2)3)24(31(40)38-13-11-36-12-14-38)17-25(32(39)41)30-37-26(18-42-30)21-5-7-22(8-6-21)29(34)35/h5-10,16-19,29,36H,4,11-15H2,1-3H3. The van der Waals surface area contributed by atoms with Crippen LogP contribution in [0.5, 0.6) is 0 Å². The van der Waals surface area contributed by atoms with E-state index in [4.69, 9.17) is 16.6 Å². The first-order valence-corrected chi connectivity index (χ1v) is 15.4. The second kappa shape index (κ2) is 12.9. The molecule has 10 heteroatoms. The number of carbonyl (C=O) groups is 1. The lowest BCUT2D eigenvalue weighted by Gasteiger charge is -2.29. The van der Waals surface area contributed by atoms with Crippen molar-refractivity contribution in [3.63, 3.8) is 0 Å². The van der Waals surface area contributed by atoms with Crippen molar-refractivity contribution >= 4 is 28.8 Å². The van der Waals surface area contributed by atoms with Crippen molar-refractivity contribution in [3.05, 3.63) is 91.7 Å². The van der Waals surface area contributed by atoms with Crippen LogP contribution in [0, 0.1) is 5.92 Å². The van der Waals surface area contributed by atoms with Gasteiger partial charge in [-0.3, -0.25) is 14.2 Å². The van der Waals surface area contributed by atoms with Crippen molar-refractivity contribution < 1.29 is 13.6 Å². The number of amides is 1. The smallest absolute Gasteiger partial charge is 0.265 e. The van der Waals surface area contributed by atoms with Crippen molar-refractivity contribution in [1.82, 2.24) is 19.8 Å². The Morgan fingerprint density at radius 3 is 2.45 bits per heavy atom. The minimum Gasteiger partial charge on any atom is -0.336 e. The first-order valence-electron chi connectivity index (χ1n) is 14.1. The third kappa shape index (κ3) is 6.19. The number of carbonyl (C=O) groups excluding carboxylic acids is 1. The van der Waals surface area contributed by atoms with E-state index in [0.717, 1.165) is 5.56 Å². The highest BCUT2D eigenvalue weighted by Gasteiger charge is 2.28. The van der Waals surface area contributed by atoms with Crippen LogP contribution in [0.2, 0.25) is 5.02 Å². The summed E-state index contributed by atoms with van der Waals surface area (Å²) in [7, 11) is 0. The summed E-state index contributed by atoms with van der Waals surface area (Å²) in [5.74, 6) is 0.0459. The summed E-state index contributed by atoms with van der Waals surface area (Å²) in [5.41, 5.74) is 3.90. The number of hydrogen-bond donors (Lipinski definition) is 1. The van der Waals surface area contributed by atoms with E-state index in [-0.39, 0.29) is 22.9 Å². The summed E-state index contributed by atoms with van der Waals surface area (Å²) >= 11 is 7.74. The van der Waals surface area contributed by atoms with Crippen molar-refractivity contribution in [1.29, 1.82) is 0 Å². The fourth-order valence-electron chi connectivity index (χ4n) is 5.25. The first-order chi connectivity index (χ1) is 20.2. The highest BCUT2D eigenvalue weighted by molar-refractivity contribution is 7.13. The van der Waals surface area contributed by atoms with Crippen LogP contribution in [0.15, 0.2) is 58.7 Å². The number of rotatable bonds is 8. The molecule has 0 radical (unpaired) electrons. The summed E-state index contributed by atoms with van der Waals surface area (Å²) in [6, 6.07) is 13.2. The van der Waals surface area contributed by atoms with E-state index < -0.39 is 6.43 Å². The molecule has 3 heterocycles. The lowest BCUT2D eigenvalue weighted by molar-refractivity contribution is 0.0733. The van der Waals surface area contributed by atoms with Gasteiger partial charge in [0, 0.05) is 53.4 Å². The van der Waals surface area contributed by atoms with Crippen molar-refractivity contribution in [2.45, 2.75) is 40.0 Å². The summed E-state index contributed by atoms with van der Waals surface area (Å²) < 4.78 is 27.8. The van der Waals surface area contributed by atoms with Gasteiger partial charge in [0.1, 0.15) is 5.01 Å². The van der Waals surface area contributed by atoms with Gasteiger partial charge in [-0.2, -0.15) is 0 Å². The van der Waals surface area contributed by atoms with Crippen LogP contribution in [-0.4, -0.2) is 46.5 Å². The zero-order valence-electron chi connectivity index (χ0n) is 23.8. The molecule has 1 aliphatic rings. The zero-order valence-corrected chi connectivity index (χ0v) is 25.4. The van der Waals surface area contributed by atoms with Gasteiger partial charge < -0.3 is 10.2 Å². The molecule has 0 spiro atoms. The molecular formula is C32H33ClF2N4O2S. The van der Waals surface area contributed by atoms with Gasteiger partial charge in [0.05, 0.1) is 22.5 Å². The molecule has 4 aromatic rings. The van der Waals surface area contributed by atoms with E-state index in [1.165, 1.54) is 23.5 Å². The Bertz CT molecular complexity index is 1640. The molecule has 2 aromatic carbocycles. The van der Waals surface area contributed by atoms with Gasteiger partial charge in [-0.05, 0) is 42.5 Å². The average molecular weight is 611 g/mol. The lowest BCUT2D eigenvalue weighted by atomic mass is 9.98. The molecule has 0 bridgehead atoms. The highest BCUT2D eigenvalue weighted by atomic mass is 35.5. The maximum Gasteiger partial charge on any atom is 0.265 e. The van der Waals surface area contributed by atoms with Crippen LogP contribution in [-0.2, 0) is 12.8 Å². The number of aryl methyl sites for hydroxylation is 1. The monoisotopic (exact) mass is 610 g/mol. The summed E-state index contributed by atoms with van der Waals surface area (Å²) in [6.45, 7) is 8.69. The number of piperazine rings is 1. The minimum atomic E-state index is -2.56. The van der Waals surface area contributed by atoms with E-state index in [1.807, 2.05) is 17.9 Å². The van der Waals surface area contributed by atoms with E-state index in [1.54, 1.807) is 40.3 Å². The van der Waals surface area contributed by atoms with Gasteiger partial charge in [0.25, 0.3) is 17.9 Å². The number of hydrogen-bond acceptors (Lipinski definition) is 5. The van der Waals surface area contributed by atoms with Crippen LogP contribution in [0.1, 0.15) is 54.4 Å². The Hall–Kier alpha value is -3.40. The molecule has 1 N–H and O–H groups in total. The molecule has 1 amide bonds. The number of alkyl halides is 2. The summed E-state index contributed by atoms with van der Waals surface area (Å²) in [4.78, 5) is 35.1. The first kappa shape index (κ1) is 30.1. The van der Waals surface area contributed by atoms with Crippen molar-refractivity contribution in [2.24, 2.45) is 5.92 Å². The maximum atomic E-state index is 14.4. The lowest BCUT2D eigenvalue weighted by Crippen LogP contribution is -2.47. The molecule has 1 fully saturated rings. The largest absolute Gasteiger partial charge is 0.336 e. The van der Waals surface area contributed by atoms with Gasteiger partial charge in [-0.1, -0.05) is 62.7 Å². The average Bonchev–Trinajstić information content (AvgIpc) is 3.47. The molecule has 1 aliphatic heterocycles. The molecule has 0 saturated carbocycles. The minimum absolute atomic E-state index is 0.0675. The quantitative estimate of drug-likeness (QED) is 0.233. The fourth-order valence-corrected chi connectivity index (χ4v) is 6.25. The van der Waals surface area contributed by atoms with Crippen LogP contribution < -0.4 is 10.9 Å². The molecule has 42 heavy (non-hydrogen) atoms. The maximum absolute atomic E-state index is 14.4. The Kier molecular flexibility index (Phi) is 9.20. The van der Waals surface area contributed by atoms with E-state index >= 15 is 0 Å².